The van der Waals surface area contributed by atoms with Gasteiger partial charge in [-0.2, -0.15) is 0 Å². The van der Waals surface area contributed by atoms with Crippen LogP contribution in [0.5, 0.6) is 0 Å². The van der Waals surface area contributed by atoms with Crippen molar-refractivity contribution in [2.24, 2.45) is 0 Å². The lowest BCUT2D eigenvalue weighted by molar-refractivity contribution is 0.112. The number of hydrogen-bond donors (Lipinski definition) is 0. The summed E-state index contributed by atoms with van der Waals surface area (Å²) in [5, 5.41) is 0.859. The lowest BCUT2D eigenvalue weighted by atomic mass is 10.1. The van der Waals surface area contributed by atoms with Gasteiger partial charge in [0.05, 0.1) is 23.8 Å². The molecule has 1 fully saturated rings. The molecule has 0 radical (unpaired) electrons. The Hall–Kier alpha value is -1.79. The van der Waals surface area contributed by atoms with E-state index >= 15 is 0 Å². The van der Waals surface area contributed by atoms with Crippen molar-refractivity contribution in [3.05, 3.63) is 46.2 Å². The predicted octanol–water partition coefficient (Wildman–Crippen LogP) is 2.52. The summed E-state index contributed by atoms with van der Waals surface area (Å²) in [6, 6.07) is 6.28. The summed E-state index contributed by atoms with van der Waals surface area (Å²) in [4.78, 5) is 18.6. The van der Waals surface area contributed by atoms with Crippen LogP contribution in [0.4, 0.5) is 9.52 Å². The minimum atomic E-state index is -0.262. The number of halogens is 1. The average Bonchev–Trinajstić information content (AvgIpc) is 2.93. The molecule has 0 aliphatic carbocycles. The Labute approximate surface area is 126 Å². The number of nitrogens with zero attached hydrogens (tertiary/aromatic N) is 2. The molecule has 110 valence electrons. The van der Waals surface area contributed by atoms with E-state index in [2.05, 4.69) is 9.88 Å². The summed E-state index contributed by atoms with van der Waals surface area (Å²) in [7, 11) is 0. The standard InChI is InChI=1S/C15H15FN2O2S/c16-12-3-1-11(2-4-12)9-13-14(10-19)21-15(17-13)18-5-7-20-8-6-18/h1-4,10H,5-9H2. The van der Waals surface area contributed by atoms with Crippen molar-refractivity contribution in [2.45, 2.75) is 6.42 Å². The Kier molecular flexibility index (Phi) is 4.26. The molecule has 0 unspecified atom stereocenters. The second kappa shape index (κ2) is 6.32. The molecule has 0 bridgehead atoms. The number of aldehydes is 1. The normalized spacial score (nSPS) is 15.2. The fourth-order valence-corrected chi connectivity index (χ4v) is 3.20. The number of rotatable bonds is 4. The van der Waals surface area contributed by atoms with Gasteiger partial charge < -0.3 is 9.64 Å². The molecule has 3 rings (SSSR count). The lowest BCUT2D eigenvalue weighted by Crippen LogP contribution is -2.36. The first-order valence-electron chi connectivity index (χ1n) is 6.78. The number of aromatic nitrogens is 1. The van der Waals surface area contributed by atoms with Crippen molar-refractivity contribution in [3.8, 4) is 0 Å². The van der Waals surface area contributed by atoms with Crippen LogP contribution in [0.1, 0.15) is 20.9 Å². The van der Waals surface area contributed by atoms with E-state index in [0.717, 1.165) is 35.8 Å². The van der Waals surface area contributed by atoms with Crippen molar-refractivity contribution >= 4 is 22.8 Å². The highest BCUT2D eigenvalue weighted by molar-refractivity contribution is 7.17. The number of thiazole rings is 1. The maximum Gasteiger partial charge on any atom is 0.186 e. The van der Waals surface area contributed by atoms with Gasteiger partial charge in [0.15, 0.2) is 11.4 Å². The van der Waals surface area contributed by atoms with E-state index in [9.17, 15) is 9.18 Å². The highest BCUT2D eigenvalue weighted by Gasteiger charge is 2.18. The highest BCUT2D eigenvalue weighted by atomic mass is 32.1. The van der Waals surface area contributed by atoms with E-state index in [-0.39, 0.29) is 5.82 Å². The number of carbonyl (C=O) groups is 1. The molecular weight excluding hydrogens is 291 g/mol. The first-order valence-corrected chi connectivity index (χ1v) is 7.60. The van der Waals surface area contributed by atoms with Crippen LogP contribution in [0.3, 0.4) is 0 Å². The maximum atomic E-state index is 12.9. The van der Waals surface area contributed by atoms with E-state index < -0.39 is 0 Å². The van der Waals surface area contributed by atoms with E-state index in [1.54, 1.807) is 12.1 Å². The van der Waals surface area contributed by atoms with Gasteiger partial charge in [-0.3, -0.25) is 4.79 Å². The van der Waals surface area contributed by atoms with Gasteiger partial charge in [0, 0.05) is 19.5 Å². The van der Waals surface area contributed by atoms with Crippen molar-refractivity contribution in [2.75, 3.05) is 31.2 Å². The van der Waals surface area contributed by atoms with Crippen LogP contribution >= 0.6 is 11.3 Å². The molecular formula is C15H15FN2O2S. The van der Waals surface area contributed by atoms with E-state index in [1.807, 2.05) is 0 Å². The van der Waals surface area contributed by atoms with E-state index in [4.69, 9.17) is 4.74 Å². The quantitative estimate of drug-likeness (QED) is 0.814. The van der Waals surface area contributed by atoms with Gasteiger partial charge in [0.25, 0.3) is 0 Å². The van der Waals surface area contributed by atoms with Crippen molar-refractivity contribution in [1.82, 2.24) is 4.98 Å². The summed E-state index contributed by atoms with van der Waals surface area (Å²) in [6.45, 7) is 2.95. The number of carbonyl (C=O) groups excluding carboxylic acids is 1. The van der Waals surface area contributed by atoms with Crippen molar-refractivity contribution in [1.29, 1.82) is 0 Å². The number of benzene rings is 1. The summed E-state index contributed by atoms with van der Waals surface area (Å²) in [5.41, 5.74) is 1.70. The Balaban J connectivity index is 1.82. The fourth-order valence-electron chi connectivity index (χ4n) is 2.25. The van der Waals surface area contributed by atoms with Crippen LogP contribution in [0.2, 0.25) is 0 Å². The van der Waals surface area contributed by atoms with Crippen LogP contribution in [0, 0.1) is 5.82 Å². The van der Waals surface area contributed by atoms with E-state index in [0.29, 0.717) is 24.5 Å². The van der Waals surface area contributed by atoms with Crippen LogP contribution < -0.4 is 4.90 Å². The molecule has 0 saturated carbocycles. The number of morpholine rings is 1. The topological polar surface area (TPSA) is 42.4 Å². The maximum absolute atomic E-state index is 12.9. The molecule has 0 atom stereocenters. The van der Waals surface area contributed by atoms with Gasteiger partial charge in [-0.25, -0.2) is 9.37 Å². The Morgan fingerprint density at radius 2 is 2.00 bits per heavy atom. The van der Waals surface area contributed by atoms with Crippen LogP contribution in [-0.4, -0.2) is 37.6 Å². The predicted molar refractivity (Wildman–Crippen MR) is 79.7 cm³/mol. The zero-order chi connectivity index (χ0) is 14.7. The highest BCUT2D eigenvalue weighted by Crippen LogP contribution is 2.27. The van der Waals surface area contributed by atoms with E-state index in [1.165, 1.54) is 23.5 Å². The summed E-state index contributed by atoms with van der Waals surface area (Å²) < 4.78 is 18.3. The monoisotopic (exact) mass is 306 g/mol. The molecule has 1 saturated heterocycles. The molecule has 1 aromatic carbocycles. The van der Waals surface area contributed by atoms with Crippen LogP contribution in [0.15, 0.2) is 24.3 Å². The molecule has 2 aromatic rings. The van der Waals surface area contributed by atoms with Crippen LogP contribution in [0.25, 0.3) is 0 Å². The zero-order valence-corrected chi connectivity index (χ0v) is 12.2. The number of ether oxygens (including phenoxy) is 1. The molecule has 2 heterocycles. The third-order valence-electron chi connectivity index (χ3n) is 3.39. The summed E-state index contributed by atoms with van der Waals surface area (Å²) in [6.07, 6.45) is 1.38. The molecule has 4 nitrogen and oxygen atoms in total. The minimum Gasteiger partial charge on any atom is -0.378 e. The Morgan fingerprint density at radius 1 is 1.29 bits per heavy atom. The van der Waals surface area contributed by atoms with Crippen LogP contribution in [-0.2, 0) is 11.2 Å². The molecule has 1 aromatic heterocycles. The molecule has 1 aliphatic heterocycles. The second-order valence-electron chi connectivity index (χ2n) is 4.83. The molecule has 0 spiro atoms. The molecule has 21 heavy (non-hydrogen) atoms. The summed E-state index contributed by atoms with van der Waals surface area (Å²) >= 11 is 1.41. The SMILES string of the molecule is O=Cc1sc(N2CCOCC2)nc1Cc1ccc(F)cc1. The first kappa shape index (κ1) is 14.2. The van der Waals surface area contributed by atoms with Gasteiger partial charge in [-0.15, -0.1) is 0 Å². The number of anilines is 1. The average molecular weight is 306 g/mol. The number of hydrogen-bond acceptors (Lipinski definition) is 5. The fraction of sp³-hybridized carbons (Fsp3) is 0.333. The van der Waals surface area contributed by atoms with Gasteiger partial charge in [0.1, 0.15) is 5.82 Å². The third kappa shape index (κ3) is 3.28. The van der Waals surface area contributed by atoms with Gasteiger partial charge in [0.2, 0.25) is 0 Å². The molecule has 0 N–H and O–H groups in total. The Morgan fingerprint density at radius 3 is 2.67 bits per heavy atom. The van der Waals surface area contributed by atoms with Gasteiger partial charge in [-0.1, -0.05) is 23.5 Å². The summed E-state index contributed by atoms with van der Waals surface area (Å²) in [5.74, 6) is -0.262. The minimum absolute atomic E-state index is 0.262. The van der Waals surface area contributed by atoms with Gasteiger partial charge in [-0.05, 0) is 17.7 Å². The van der Waals surface area contributed by atoms with Crippen molar-refractivity contribution < 1.29 is 13.9 Å². The first-order chi connectivity index (χ1) is 10.3. The molecule has 1 aliphatic rings. The molecule has 6 heteroatoms. The largest absolute Gasteiger partial charge is 0.378 e. The second-order valence-corrected chi connectivity index (χ2v) is 5.84. The smallest absolute Gasteiger partial charge is 0.186 e. The zero-order valence-electron chi connectivity index (χ0n) is 11.4. The molecule has 0 amide bonds. The van der Waals surface area contributed by atoms with Gasteiger partial charge >= 0.3 is 0 Å². The van der Waals surface area contributed by atoms with Crippen molar-refractivity contribution in [3.63, 3.8) is 0 Å². The Bertz CT molecular complexity index is 621. The lowest BCUT2D eigenvalue weighted by Gasteiger charge is -2.26. The third-order valence-corrected chi connectivity index (χ3v) is 4.47.